The zero-order valence-corrected chi connectivity index (χ0v) is 21.1. The summed E-state index contributed by atoms with van der Waals surface area (Å²) in [4.78, 5) is 53.7. The molecule has 2 fully saturated rings. The third-order valence-corrected chi connectivity index (χ3v) is 7.85. The van der Waals surface area contributed by atoms with Gasteiger partial charge in [0.2, 0.25) is 11.8 Å². The van der Waals surface area contributed by atoms with Crippen LogP contribution in [0.15, 0.2) is 54.6 Å². The lowest BCUT2D eigenvalue weighted by Gasteiger charge is -2.44. The molecule has 2 heterocycles. The number of ether oxygens (including phenoxy) is 1. The van der Waals surface area contributed by atoms with Gasteiger partial charge in [0.1, 0.15) is 17.5 Å². The second-order valence-electron chi connectivity index (χ2n) is 9.07. The molecule has 4 rings (SSSR count). The summed E-state index contributed by atoms with van der Waals surface area (Å²) < 4.78 is 4.80. The molecular weight excluding hydrogens is 490 g/mol. The molecule has 0 spiro atoms. The van der Waals surface area contributed by atoms with Gasteiger partial charge in [-0.25, -0.2) is 4.79 Å². The summed E-state index contributed by atoms with van der Waals surface area (Å²) in [6.07, 6.45) is 0.171. The van der Waals surface area contributed by atoms with E-state index in [0.717, 1.165) is 5.56 Å². The highest BCUT2D eigenvalue weighted by Gasteiger charge is 2.64. The first kappa shape index (κ1) is 25.1. The standard InChI is InChI=1S/C25H26ClN3O5S/c1-25(2)20(24(33)34-14-28(3)21(31)16-9-11-17(26)12-10-16)29-22(32)19(23(29)35-25)27-18(30)13-15-7-5-4-6-8-15/h4-12,19-20,23H,13-14H2,1-3H3,(H,27,30)/t19-,20+,23-/m1/s1. The van der Waals surface area contributed by atoms with Gasteiger partial charge in [-0.15, -0.1) is 11.8 Å². The van der Waals surface area contributed by atoms with E-state index in [0.29, 0.717) is 10.6 Å². The highest BCUT2D eigenvalue weighted by atomic mass is 35.5. The Balaban J connectivity index is 1.35. The van der Waals surface area contributed by atoms with Crippen LogP contribution in [-0.4, -0.2) is 69.5 Å². The molecule has 184 valence electrons. The predicted octanol–water partition coefficient (Wildman–Crippen LogP) is 2.70. The molecule has 0 aromatic heterocycles. The highest BCUT2D eigenvalue weighted by molar-refractivity contribution is 8.01. The van der Waals surface area contributed by atoms with Gasteiger partial charge in [-0.1, -0.05) is 41.9 Å². The van der Waals surface area contributed by atoms with E-state index in [2.05, 4.69) is 5.32 Å². The molecule has 3 atom stereocenters. The Morgan fingerprint density at radius 2 is 1.77 bits per heavy atom. The molecule has 8 nitrogen and oxygen atoms in total. The molecule has 0 unspecified atom stereocenters. The van der Waals surface area contributed by atoms with Crippen LogP contribution in [0.25, 0.3) is 0 Å². The maximum Gasteiger partial charge on any atom is 0.332 e. The van der Waals surface area contributed by atoms with Gasteiger partial charge >= 0.3 is 5.97 Å². The van der Waals surface area contributed by atoms with Gasteiger partial charge < -0.3 is 19.9 Å². The monoisotopic (exact) mass is 515 g/mol. The van der Waals surface area contributed by atoms with Crippen molar-refractivity contribution in [3.8, 4) is 0 Å². The number of amides is 3. The Labute approximate surface area is 212 Å². The number of carbonyl (C=O) groups is 4. The molecule has 35 heavy (non-hydrogen) atoms. The number of hydrogen-bond donors (Lipinski definition) is 1. The second-order valence-corrected chi connectivity index (χ2v) is 11.3. The van der Waals surface area contributed by atoms with Gasteiger partial charge in [-0.3, -0.25) is 14.4 Å². The second kappa shape index (κ2) is 9.91. The van der Waals surface area contributed by atoms with E-state index in [9.17, 15) is 19.2 Å². The van der Waals surface area contributed by atoms with Crippen LogP contribution in [0.4, 0.5) is 0 Å². The minimum Gasteiger partial charge on any atom is -0.443 e. The van der Waals surface area contributed by atoms with Gasteiger partial charge in [0.25, 0.3) is 5.91 Å². The van der Waals surface area contributed by atoms with Crippen LogP contribution >= 0.6 is 23.4 Å². The smallest absolute Gasteiger partial charge is 0.332 e. The number of fused-ring (bicyclic) bond motifs is 1. The number of nitrogens with one attached hydrogen (secondary N) is 1. The summed E-state index contributed by atoms with van der Waals surface area (Å²) in [5, 5.41) is 2.96. The van der Waals surface area contributed by atoms with E-state index in [-0.39, 0.29) is 36.2 Å². The SMILES string of the molecule is CN(COC(=O)[C@@H]1N2C(=O)[C@@H](NC(=O)Cc3ccccc3)[C@H]2SC1(C)C)C(=O)c1ccc(Cl)cc1. The summed E-state index contributed by atoms with van der Waals surface area (Å²) >= 11 is 7.31. The first-order valence-corrected chi connectivity index (χ1v) is 12.3. The van der Waals surface area contributed by atoms with Gasteiger partial charge in [0.15, 0.2) is 6.73 Å². The molecule has 3 amide bonds. The summed E-state index contributed by atoms with van der Waals surface area (Å²) in [5.74, 6) is -1.49. The van der Waals surface area contributed by atoms with E-state index in [1.165, 1.54) is 28.6 Å². The normalized spacial score (nSPS) is 22.1. The van der Waals surface area contributed by atoms with Crippen LogP contribution in [-0.2, 0) is 25.5 Å². The first-order chi connectivity index (χ1) is 16.6. The number of carbonyl (C=O) groups excluding carboxylic acids is 4. The van der Waals surface area contributed by atoms with Crippen molar-refractivity contribution < 1.29 is 23.9 Å². The molecule has 0 aliphatic carbocycles. The number of esters is 1. The van der Waals surface area contributed by atoms with Gasteiger partial charge in [-0.2, -0.15) is 0 Å². The molecule has 2 saturated heterocycles. The van der Waals surface area contributed by atoms with Crippen molar-refractivity contribution >= 4 is 47.1 Å². The fraction of sp³-hybridized carbons (Fsp3) is 0.360. The number of β-lactam (4-membered cyclic amide) rings is 1. The molecule has 2 aliphatic heterocycles. The molecule has 0 saturated carbocycles. The van der Waals surface area contributed by atoms with Crippen LogP contribution in [0.2, 0.25) is 5.02 Å². The van der Waals surface area contributed by atoms with E-state index in [1.807, 2.05) is 44.2 Å². The minimum atomic E-state index is -0.827. The van der Waals surface area contributed by atoms with Gasteiger partial charge in [0, 0.05) is 22.4 Å². The van der Waals surface area contributed by atoms with Crippen molar-refractivity contribution in [2.24, 2.45) is 0 Å². The first-order valence-electron chi connectivity index (χ1n) is 11.1. The molecule has 2 aliphatic rings. The van der Waals surface area contributed by atoms with Crippen molar-refractivity contribution in [1.29, 1.82) is 0 Å². The molecule has 2 aromatic rings. The Kier molecular flexibility index (Phi) is 7.10. The Morgan fingerprint density at radius 3 is 2.43 bits per heavy atom. The third-order valence-electron chi connectivity index (χ3n) is 6.03. The fourth-order valence-electron chi connectivity index (χ4n) is 4.24. The number of benzene rings is 2. The van der Waals surface area contributed by atoms with Crippen LogP contribution in [0.5, 0.6) is 0 Å². The number of hydrogen-bond acceptors (Lipinski definition) is 6. The number of halogens is 1. The molecule has 2 aromatic carbocycles. The molecular formula is C25H26ClN3O5S. The average molecular weight is 516 g/mol. The van der Waals surface area contributed by atoms with Crippen molar-refractivity contribution in [2.45, 2.75) is 42.5 Å². The van der Waals surface area contributed by atoms with Crippen LogP contribution in [0.3, 0.4) is 0 Å². The molecule has 0 bridgehead atoms. The van der Waals surface area contributed by atoms with Gasteiger partial charge in [0.05, 0.1) is 6.42 Å². The number of nitrogens with zero attached hydrogens (tertiary/aromatic N) is 2. The zero-order chi connectivity index (χ0) is 25.3. The Morgan fingerprint density at radius 1 is 1.11 bits per heavy atom. The lowest BCUT2D eigenvalue weighted by molar-refractivity contribution is -0.166. The fourth-order valence-corrected chi connectivity index (χ4v) is 5.99. The largest absolute Gasteiger partial charge is 0.443 e. The predicted molar refractivity (Wildman–Crippen MR) is 133 cm³/mol. The van der Waals surface area contributed by atoms with Crippen molar-refractivity contribution in [1.82, 2.24) is 15.1 Å². The Hall–Kier alpha value is -3.04. The van der Waals surface area contributed by atoms with Crippen LogP contribution in [0, 0.1) is 0 Å². The lowest BCUT2D eigenvalue weighted by atomic mass is 9.96. The molecule has 0 radical (unpaired) electrons. The average Bonchev–Trinajstić information content (AvgIpc) is 3.09. The Bertz CT molecular complexity index is 1140. The van der Waals surface area contributed by atoms with Crippen LogP contribution in [0.1, 0.15) is 29.8 Å². The molecule has 1 N–H and O–H groups in total. The molecule has 10 heteroatoms. The van der Waals surface area contributed by atoms with Crippen molar-refractivity contribution in [2.75, 3.05) is 13.8 Å². The highest BCUT2D eigenvalue weighted by Crippen LogP contribution is 2.51. The van der Waals surface area contributed by atoms with Crippen molar-refractivity contribution in [3.05, 3.63) is 70.7 Å². The van der Waals surface area contributed by atoms with Gasteiger partial charge in [-0.05, 0) is 43.7 Å². The number of thioether (sulfide) groups is 1. The summed E-state index contributed by atoms with van der Waals surface area (Å²) in [6.45, 7) is 3.46. The summed E-state index contributed by atoms with van der Waals surface area (Å²) in [6, 6.07) is 14.2. The maximum absolute atomic E-state index is 13.0. The maximum atomic E-state index is 13.0. The third kappa shape index (κ3) is 5.16. The minimum absolute atomic E-state index is 0.171. The topological polar surface area (TPSA) is 96.0 Å². The van der Waals surface area contributed by atoms with E-state index in [4.69, 9.17) is 16.3 Å². The summed E-state index contributed by atoms with van der Waals surface area (Å²) in [5.41, 5.74) is 1.27. The van der Waals surface area contributed by atoms with E-state index < -0.39 is 22.8 Å². The quantitative estimate of drug-likeness (QED) is 0.346. The van der Waals surface area contributed by atoms with Crippen LogP contribution < -0.4 is 5.32 Å². The zero-order valence-electron chi connectivity index (χ0n) is 19.6. The number of rotatable bonds is 7. The summed E-state index contributed by atoms with van der Waals surface area (Å²) in [7, 11) is 1.52. The lowest BCUT2D eigenvalue weighted by Crippen LogP contribution is -2.70. The van der Waals surface area contributed by atoms with Crippen molar-refractivity contribution in [3.63, 3.8) is 0 Å². The van der Waals surface area contributed by atoms with E-state index in [1.54, 1.807) is 24.3 Å². The van der Waals surface area contributed by atoms with E-state index >= 15 is 0 Å².